The van der Waals surface area contributed by atoms with Gasteiger partial charge in [0.05, 0.1) is 40.5 Å². The van der Waals surface area contributed by atoms with Gasteiger partial charge >= 0.3 is 5.97 Å². The van der Waals surface area contributed by atoms with Crippen molar-refractivity contribution in [3.8, 4) is 0 Å². The molecule has 50 heavy (non-hydrogen) atoms. The average Bonchev–Trinajstić information content (AvgIpc) is 3.65. The first-order valence-electron chi connectivity index (χ1n) is 16.3. The smallest absolute Gasteiger partial charge is 0.340 e. The minimum absolute atomic E-state index is 0.0790. The van der Waals surface area contributed by atoms with Gasteiger partial charge in [0.1, 0.15) is 0 Å². The minimum atomic E-state index is -1.62. The predicted octanol–water partition coefficient (Wildman–Crippen LogP) is 8.36. The first-order valence-corrected chi connectivity index (χ1v) is 17.1. The molecule has 0 aromatic heterocycles. The van der Waals surface area contributed by atoms with Gasteiger partial charge in [0.25, 0.3) is 0 Å². The molecule has 8 rings (SSSR count). The summed E-state index contributed by atoms with van der Waals surface area (Å²) in [5.41, 5.74) is 0.822. The molecular weight excluding hydrogens is 669 g/mol. The monoisotopic (exact) mass is 697 g/mol. The number of rotatable bonds is 7. The number of para-hydroxylation sites is 1. The molecule has 5 aromatic carbocycles. The Bertz CT molecular complexity index is 2110. The number of ether oxygens (including phenoxy) is 1. The highest BCUT2D eigenvalue weighted by Crippen LogP contribution is 2.74. The Labute approximate surface area is 298 Å². The maximum absolute atomic E-state index is 16.1. The fourth-order valence-electron chi connectivity index (χ4n) is 8.64. The summed E-state index contributed by atoms with van der Waals surface area (Å²) in [6.45, 7) is 1.80. The molecule has 246 valence electrons. The highest BCUT2D eigenvalue weighted by molar-refractivity contribution is 6.39. The summed E-state index contributed by atoms with van der Waals surface area (Å²) < 4.78 is 5.34. The second-order valence-electron chi connectivity index (χ2n) is 12.6. The van der Waals surface area contributed by atoms with Crippen LogP contribution in [0.2, 0.25) is 10.0 Å². The van der Waals surface area contributed by atoms with E-state index >= 15 is 14.4 Å². The van der Waals surface area contributed by atoms with E-state index in [-0.39, 0.29) is 23.6 Å². The Morgan fingerprint density at radius 1 is 0.620 bits per heavy atom. The third-order valence-electron chi connectivity index (χ3n) is 10.4. The van der Waals surface area contributed by atoms with E-state index in [4.69, 9.17) is 27.9 Å². The zero-order valence-corrected chi connectivity index (χ0v) is 28.3. The van der Waals surface area contributed by atoms with Gasteiger partial charge in [0.15, 0.2) is 5.78 Å². The average molecular weight is 699 g/mol. The Morgan fingerprint density at radius 3 is 1.48 bits per heavy atom. The number of allylic oxidation sites excluding steroid dienone is 2. The molecular formula is C42H29Cl2NO5. The van der Waals surface area contributed by atoms with Crippen LogP contribution in [0, 0.1) is 11.8 Å². The second-order valence-corrected chi connectivity index (χ2v) is 13.5. The number of fused-ring (bicyclic) bond motifs is 5. The van der Waals surface area contributed by atoms with Crippen molar-refractivity contribution in [2.24, 2.45) is 11.8 Å². The lowest BCUT2D eigenvalue weighted by atomic mass is 9.59. The van der Waals surface area contributed by atoms with Crippen LogP contribution in [0.5, 0.6) is 0 Å². The fourth-order valence-corrected chi connectivity index (χ4v) is 8.90. The fraction of sp³-hybridized carbons (Fsp3) is 0.143. The third kappa shape index (κ3) is 4.22. The maximum atomic E-state index is 16.1. The van der Waals surface area contributed by atoms with Gasteiger partial charge in [0.2, 0.25) is 11.8 Å². The summed E-state index contributed by atoms with van der Waals surface area (Å²) >= 11 is 12.9. The Balaban J connectivity index is 1.53. The summed E-state index contributed by atoms with van der Waals surface area (Å²) in [5, 5.41) is 0.919. The van der Waals surface area contributed by atoms with Crippen LogP contribution in [0.25, 0.3) is 11.1 Å². The molecule has 0 spiro atoms. The number of hydrogen-bond acceptors (Lipinski definition) is 5. The number of hydrogen-bond donors (Lipinski definition) is 0. The summed E-state index contributed by atoms with van der Waals surface area (Å²) in [6.07, 6.45) is 0. The van der Waals surface area contributed by atoms with Crippen LogP contribution in [0.4, 0.5) is 5.69 Å². The number of amides is 2. The summed E-state index contributed by atoms with van der Waals surface area (Å²) in [6, 6.07) is 39.5. The van der Waals surface area contributed by atoms with Crippen LogP contribution in [0.1, 0.15) is 39.5 Å². The molecule has 1 saturated heterocycles. The van der Waals surface area contributed by atoms with Crippen LogP contribution in [-0.2, 0) is 30.0 Å². The second kappa shape index (κ2) is 11.9. The van der Waals surface area contributed by atoms with Crippen molar-refractivity contribution in [2.45, 2.75) is 17.8 Å². The molecule has 2 bridgehead atoms. The van der Waals surface area contributed by atoms with E-state index in [0.717, 1.165) is 16.0 Å². The van der Waals surface area contributed by atoms with Crippen molar-refractivity contribution in [3.63, 3.8) is 0 Å². The van der Waals surface area contributed by atoms with Gasteiger partial charge in [-0.25, -0.2) is 9.69 Å². The third-order valence-corrected chi connectivity index (χ3v) is 10.9. The number of carbonyl (C=O) groups excluding carboxylic acids is 4. The van der Waals surface area contributed by atoms with Crippen molar-refractivity contribution in [1.82, 2.24) is 0 Å². The lowest BCUT2D eigenvalue weighted by Crippen LogP contribution is -2.46. The molecule has 0 unspecified atom stereocenters. The normalized spacial score (nSPS) is 23.8. The van der Waals surface area contributed by atoms with Gasteiger partial charge < -0.3 is 4.74 Å². The number of ketones is 1. The number of Topliss-reactive ketones (excluding diaryl/α,β-unsaturated/α-hetero) is 1. The van der Waals surface area contributed by atoms with Gasteiger partial charge in [0, 0.05) is 10.0 Å². The quantitative estimate of drug-likeness (QED) is 0.126. The topological polar surface area (TPSA) is 80.8 Å². The minimum Gasteiger partial charge on any atom is -0.462 e. The molecule has 2 amide bonds. The number of halogens is 2. The zero-order valence-electron chi connectivity index (χ0n) is 26.8. The first-order chi connectivity index (χ1) is 24.3. The zero-order chi connectivity index (χ0) is 34.8. The van der Waals surface area contributed by atoms with E-state index in [2.05, 4.69) is 0 Å². The number of nitrogens with zero attached hydrogens (tertiary/aromatic N) is 1. The summed E-state index contributed by atoms with van der Waals surface area (Å²) in [5.74, 6) is -4.42. The molecule has 5 aromatic rings. The van der Waals surface area contributed by atoms with Crippen molar-refractivity contribution < 1.29 is 23.9 Å². The molecule has 4 atom stereocenters. The van der Waals surface area contributed by atoms with E-state index in [0.29, 0.717) is 32.3 Å². The molecule has 3 aliphatic rings. The molecule has 6 nitrogen and oxygen atoms in total. The standard InChI is InChI=1S/C42H29Cl2NO5/c1-2-50-39(48)31-15-9-10-16-32(31)45-37(46)35-36(38(45)47)42(28-19-23-30(44)24-20-28)34(26-13-7-4-8-14-26)33(25-11-5-3-6-12-25)41(35,40(42)49)27-17-21-29(43)22-18-27/h3-24,35-36H,2H2,1H3/t35-,36-,41-,42-/m0/s1. The molecule has 2 aliphatic carbocycles. The molecule has 0 N–H and O–H groups in total. The summed E-state index contributed by atoms with van der Waals surface area (Å²) in [7, 11) is 0. The van der Waals surface area contributed by atoms with Crippen LogP contribution in [0.15, 0.2) is 133 Å². The van der Waals surface area contributed by atoms with Gasteiger partial charge in [-0.2, -0.15) is 0 Å². The number of imide groups is 1. The van der Waals surface area contributed by atoms with Crippen LogP contribution >= 0.6 is 23.2 Å². The van der Waals surface area contributed by atoms with Crippen LogP contribution in [0.3, 0.4) is 0 Å². The Morgan fingerprint density at radius 2 is 1.04 bits per heavy atom. The van der Waals surface area contributed by atoms with Crippen molar-refractivity contribution >= 4 is 63.6 Å². The molecule has 1 heterocycles. The van der Waals surface area contributed by atoms with Gasteiger partial charge in [-0.05, 0) is 76.7 Å². The van der Waals surface area contributed by atoms with Crippen LogP contribution in [-0.4, -0.2) is 30.2 Å². The van der Waals surface area contributed by atoms with Gasteiger partial charge in [-0.1, -0.05) is 120 Å². The van der Waals surface area contributed by atoms with Crippen molar-refractivity contribution in [2.75, 3.05) is 11.5 Å². The maximum Gasteiger partial charge on any atom is 0.340 e. The SMILES string of the molecule is CCOC(=O)c1ccccc1N1C(=O)[C@@H]2[C@@H](C1=O)[C@@]1(c3ccc(Cl)cc3)C(=O)[C@@]2(c2ccc(Cl)cc2)C(c2ccccc2)=C1c1ccccc1. The highest BCUT2D eigenvalue weighted by atomic mass is 35.5. The molecule has 1 saturated carbocycles. The van der Waals surface area contributed by atoms with Gasteiger partial charge in [-0.3, -0.25) is 14.4 Å². The molecule has 8 heteroatoms. The lowest BCUT2D eigenvalue weighted by Gasteiger charge is -2.39. The van der Waals surface area contributed by atoms with Crippen LogP contribution < -0.4 is 4.90 Å². The Kier molecular flexibility index (Phi) is 7.62. The predicted molar refractivity (Wildman–Crippen MR) is 193 cm³/mol. The Hall–Kier alpha value is -5.30. The van der Waals surface area contributed by atoms with E-state index in [1.165, 1.54) is 6.07 Å². The molecule has 2 fully saturated rings. The molecule has 1 aliphatic heterocycles. The number of benzene rings is 5. The van der Waals surface area contributed by atoms with E-state index in [9.17, 15) is 4.79 Å². The van der Waals surface area contributed by atoms with Crippen molar-refractivity contribution in [1.29, 1.82) is 0 Å². The van der Waals surface area contributed by atoms with E-state index in [1.54, 1.807) is 73.7 Å². The number of anilines is 1. The van der Waals surface area contributed by atoms with E-state index < -0.39 is 40.4 Å². The van der Waals surface area contributed by atoms with Crippen molar-refractivity contribution in [3.05, 3.63) is 171 Å². The van der Waals surface area contributed by atoms with Gasteiger partial charge in [-0.15, -0.1) is 0 Å². The highest BCUT2D eigenvalue weighted by Gasteiger charge is 2.82. The van der Waals surface area contributed by atoms with E-state index in [1.807, 2.05) is 60.7 Å². The number of esters is 1. The lowest BCUT2D eigenvalue weighted by molar-refractivity contribution is -0.130. The number of carbonyl (C=O) groups is 4. The first kappa shape index (κ1) is 31.9. The molecule has 0 radical (unpaired) electrons. The summed E-state index contributed by atoms with van der Waals surface area (Å²) in [4.78, 5) is 61.0. The largest absolute Gasteiger partial charge is 0.462 e.